The Morgan fingerprint density at radius 3 is 2.17 bits per heavy atom. The van der Waals surface area contributed by atoms with Gasteiger partial charge in [-0.3, -0.25) is 9.59 Å². The van der Waals surface area contributed by atoms with Crippen LogP contribution in [0.25, 0.3) is 0 Å². The van der Waals surface area contributed by atoms with Gasteiger partial charge >= 0.3 is 0 Å². The number of carbonyl (C=O) groups is 2. The van der Waals surface area contributed by atoms with Crippen molar-refractivity contribution in [1.29, 1.82) is 0 Å². The molecule has 130 valence electrons. The van der Waals surface area contributed by atoms with Crippen LogP contribution < -0.4 is 10.6 Å². The van der Waals surface area contributed by atoms with Crippen molar-refractivity contribution in [2.75, 3.05) is 32.7 Å². The van der Waals surface area contributed by atoms with Crippen molar-refractivity contribution in [3.63, 3.8) is 0 Å². The van der Waals surface area contributed by atoms with Gasteiger partial charge in [-0.2, -0.15) is 0 Å². The van der Waals surface area contributed by atoms with Gasteiger partial charge in [0, 0.05) is 43.9 Å². The highest BCUT2D eigenvalue weighted by molar-refractivity contribution is 5.98. The Kier molecular flexibility index (Phi) is 4.63. The Hall–Kier alpha value is -1.88. The van der Waals surface area contributed by atoms with E-state index in [9.17, 15) is 9.59 Å². The van der Waals surface area contributed by atoms with Gasteiger partial charge in [0.25, 0.3) is 11.8 Å². The number of hydrogen-bond donors (Lipinski definition) is 2. The van der Waals surface area contributed by atoms with Crippen LogP contribution in [0.4, 0.5) is 0 Å². The maximum atomic E-state index is 12.6. The largest absolute Gasteiger partial charge is 0.352 e. The van der Waals surface area contributed by atoms with Crippen molar-refractivity contribution in [2.45, 2.75) is 20.8 Å². The van der Waals surface area contributed by atoms with Gasteiger partial charge < -0.3 is 15.5 Å². The molecular weight excluding hydrogens is 302 g/mol. The standard InChI is InChI=1S/C19H27N3O2/c1-19(2,3)12-21-17(23)13-4-6-14(7-5-13)18(24)22-10-15-8-20-9-16(15)11-22/h4-7,15-16,20H,8-12H2,1-3H3,(H,21,23)/t15-,16+. The summed E-state index contributed by atoms with van der Waals surface area (Å²) in [6.07, 6.45) is 0. The number of rotatable bonds is 3. The minimum absolute atomic E-state index is 0.0498. The lowest BCUT2D eigenvalue weighted by molar-refractivity contribution is 0.0781. The normalized spacial score (nSPS) is 23.2. The van der Waals surface area contributed by atoms with Crippen molar-refractivity contribution in [3.05, 3.63) is 35.4 Å². The van der Waals surface area contributed by atoms with Gasteiger partial charge in [-0.15, -0.1) is 0 Å². The number of nitrogens with zero attached hydrogens (tertiary/aromatic N) is 1. The molecule has 2 aliphatic rings. The van der Waals surface area contributed by atoms with E-state index in [1.165, 1.54) is 0 Å². The van der Waals surface area contributed by atoms with Crippen molar-refractivity contribution in [2.24, 2.45) is 17.3 Å². The van der Waals surface area contributed by atoms with Gasteiger partial charge in [0.1, 0.15) is 0 Å². The zero-order valence-corrected chi connectivity index (χ0v) is 14.8. The van der Waals surface area contributed by atoms with Crippen LogP contribution in [0.3, 0.4) is 0 Å². The fourth-order valence-corrected chi connectivity index (χ4v) is 3.42. The average Bonchev–Trinajstić information content (AvgIpc) is 3.13. The van der Waals surface area contributed by atoms with E-state index in [2.05, 4.69) is 31.4 Å². The number of amides is 2. The fourth-order valence-electron chi connectivity index (χ4n) is 3.42. The highest BCUT2D eigenvalue weighted by Gasteiger charge is 2.38. The Labute approximate surface area is 143 Å². The Balaban J connectivity index is 1.60. The van der Waals surface area contributed by atoms with Crippen molar-refractivity contribution >= 4 is 11.8 Å². The minimum Gasteiger partial charge on any atom is -0.352 e. The van der Waals surface area contributed by atoms with Gasteiger partial charge in [0.15, 0.2) is 0 Å². The average molecular weight is 329 g/mol. The maximum Gasteiger partial charge on any atom is 0.253 e. The van der Waals surface area contributed by atoms with Crippen molar-refractivity contribution < 1.29 is 9.59 Å². The molecule has 1 aromatic rings. The first-order valence-electron chi connectivity index (χ1n) is 8.72. The molecule has 2 atom stereocenters. The first-order valence-corrected chi connectivity index (χ1v) is 8.72. The lowest BCUT2D eigenvalue weighted by Gasteiger charge is -2.19. The second-order valence-electron chi connectivity index (χ2n) is 8.21. The number of hydrogen-bond acceptors (Lipinski definition) is 3. The minimum atomic E-state index is -0.0919. The van der Waals surface area contributed by atoms with Crippen LogP contribution in [-0.2, 0) is 0 Å². The first kappa shape index (κ1) is 17.0. The topological polar surface area (TPSA) is 61.4 Å². The van der Waals surface area contributed by atoms with Crippen LogP contribution in [0, 0.1) is 17.3 Å². The third-order valence-corrected chi connectivity index (χ3v) is 4.85. The lowest BCUT2D eigenvalue weighted by atomic mass is 9.97. The number of nitrogens with one attached hydrogen (secondary N) is 2. The quantitative estimate of drug-likeness (QED) is 0.888. The van der Waals surface area contributed by atoms with Crippen molar-refractivity contribution in [1.82, 2.24) is 15.5 Å². The van der Waals surface area contributed by atoms with E-state index in [4.69, 9.17) is 0 Å². The zero-order chi connectivity index (χ0) is 17.3. The molecule has 2 fully saturated rings. The van der Waals surface area contributed by atoms with E-state index in [-0.39, 0.29) is 17.2 Å². The molecule has 2 saturated heterocycles. The Morgan fingerprint density at radius 2 is 1.62 bits per heavy atom. The molecule has 0 saturated carbocycles. The Bertz CT molecular complexity index is 606. The van der Waals surface area contributed by atoms with Gasteiger partial charge in [-0.25, -0.2) is 0 Å². The summed E-state index contributed by atoms with van der Waals surface area (Å²) in [6.45, 7) is 10.6. The third kappa shape index (κ3) is 3.78. The molecule has 0 unspecified atom stereocenters. The predicted octanol–water partition coefficient (Wildman–Crippen LogP) is 1.75. The molecule has 2 heterocycles. The van der Waals surface area contributed by atoms with Crippen LogP contribution >= 0.6 is 0 Å². The summed E-state index contributed by atoms with van der Waals surface area (Å²) < 4.78 is 0. The van der Waals surface area contributed by atoms with Gasteiger partial charge in [0.05, 0.1) is 0 Å². The van der Waals surface area contributed by atoms with Gasteiger partial charge in [-0.1, -0.05) is 20.8 Å². The van der Waals surface area contributed by atoms with Crippen LogP contribution in [0.1, 0.15) is 41.5 Å². The molecule has 5 nitrogen and oxygen atoms in total. The molecule has 0 aromatic heterocycles. The number of benzene rings is 1. The number of likely N-dealkylation sites (tertiary alicyclic amines) is 1. The van der Waals surface area contributed by atoms with E-state index < -0.39 is 0 Å². The molecule has 0 radical (unpaired) electrons. The zero-order valence-electron chi connectivity index (χ0n) is 14.8. The smallest absolute Gasteiger partial charge is 0.253 e. The molecule has 1 aromatic carbocycles. The van der Waals surface area contributed by atoms with E-state index in [1.807, 2.05) is 4.90 Å². The molecule has 2 aliphatic heterocycles. The fraction of sp³-hybridized carbons (Fsp3) is 0.579. The molecule has 3 rings (SSSR count). The molecule has 2 N–H and O–H groups in total. The molecule has 5 heteroatoms. The van der Waals surface area contributed by atoms with Crippen LogP contribution in [0.5, 0.6) is 0 Å². The van der Waals surface area contributed by atoms with Crippen molar-refractivity contribution in [3.8, 4) is 0 Å². The van der Waals surface area contributed by atoms with Crippen LogP contribution in [0.15, 0.2) is 24.3 Å². The SMILES string of the molecule is CC(C)(C)CNC(=O)c1ccc(C(=O)N2C[C@H]3CNC[C@H]3C2)cc1. The van der Waals surface area contributed by atoms with Gasteiger partial charge in [0.2, 0.25) is 0 Å². The van der Waals surface area contributed by atoms with E-state index in [1.54, 1.807) is 24.3 Å². The molecule has 24 heavy (non-hydrogen) atoms. The number of fused-ring (bicyclic) bond motifs is 1. The first-order chi connectivity index (χ1) is 11.3. The summed E-state index contributed by atoms with van der Waals surface area (Å²) in [5.41, 5.74) is 1.31. The van der Waals surface area contributed by atoms with Crippen LogP contribution in [0.2, 0.25) is 0 Å². The highest BCUT2D eigenvalue weighted by Crippen LogP contribution is 2.27. The van der Waals surface area contributed by atoms with Crippen LogP contribution in [-0.4, -0.2) is 49.4 Å². The molecule has 0 spiro atoms. The lowest BCUT2D eigenvalue weighted by Crippen LogP contribution is -2.33. The monoisotopic (exact) mass is 329 g/mol. The Morgan fingerprint density at radius 1 is 1.08 bits per heavy atom. The summed E-state index contributed by atoms with van der Waals surface area (Å²) in [6, 6.07) is 7.01. The van der Waals surface area contributed by atoms with E-state index in [0.29, 0.717) is 29.5 Å². The summed E-state index contributed by atoms with van der Waals surface area (Å²) in [7, 11) is 0. The molecule has 0 aliphatic carbocycles. The highest BCUT2D eigenvalue weighted by atomic mass is 16.2. The van der Waals surface area contributed by atoms with Gasteiger partial charge in [-0.05, 0) is 41.5 Å². The second-order valence-corrected chi connectivity index (χ2v) is 8.21. The maximum absolute atomic E-state index is 12.6. The summed E-state index contributed by atoms with van der Waals surface area (Å²) in [4.78, 5) is 26.7. The number of carbonyl (C=O) groups excluding carboxylic acids is 2. The van der Waals surface area contributed by atoms with E-state index >= 15 is 0 Å². The summed E-state index contributed by atoms with van der Waals surface area (Å²) >= 11 is 0. The molecular formula is C19H27N3O2. The predicted molar refractivity (Wildman–Crippen MR) is 94.0 cm³/mol. The summed E-state index contributed by atoms with van der Waals surface area (Å²) in [5, 5.41) is 6.31. The molecule has 2 amide bonds. The second kappa shape index (κ2) is 6.55. The summed E-state index contributed by atoms with van der Waals surface area (Å²) in [5.74, 6) is 1.17. The third-order valence-electron chi connectivity index (χ3n) is 4.85. The van der Waals surface area contributed by atoms with E-state index in [0.717, 1.165) is 26.2 Å². The molecule has 0 bridgehead atoms.